The predicted molar refractivity (Wildman–Crippen MR) is 93.5 cm³/mol. The van der Waals surface area contributed by atoms with Gasteiger partial charge in [0.25, 0.3) is 10.0 Å². The molecule has 0 fully saturated rings. The summed E-state index contributed by atoms with van der Waals surface area (Å²) in [5, 5.41) is 10.7. The SMILES string of the molecule is O=C([O-])c1ccc(NS(=O)(=O)c2ccc(-c3ccccc3)cc2)cc1. The normalized spacial score (nSPS) is 11.0. The summed E-state index contributed by atoms with van der Waals surface area (Å²) in [5.74, 6) is -1.31. The Balaban J connectivity index is 1.81. The average molecular weight is 352 g/mol. The molecule has 0 saturated carbocycles. The van der Waals surface area contributed by atoms with Crippen LogP contribution in [0.5, 0.6) is 0 Å². The van der Waals surface area contributed by atoms with Gasteiger partial charge in [-0.25, -0.2) is 8.42 Å². The van der Waals surface area contributed by atoms with E-state index < -0.39 is 16.0 Å². The van der Waals surface area contributed by atoms with Crippen LogP contribution in [-0.4, -0.2) is 14.4 Å². The smallest absolute Gasteiger partial charge is 0.261 e. The van der Waals surface area contributed by atoms with Gasteiger partial charge in [0.05, 0.1) is 10.9 Å². The second-order valence-electron chi connectivity index (χ2n) is 5.36. The zero-order valence-corrected chi connectivity index (χ0v) is 13.9. The topological polar surface area (TPSA) is 86.3 Å². The molecule has 3 aromatic carbocycles. The lowest BCUT2D eigenvalue weighted by atomic mass is 10.1. The molecule has 0 radical (unpaired) electrons. The Kier molecular flexibility index (Phi) is 4.54. The summed E-state index contributed by atoms with van der Waals surface area (Å²) in [7, 11) is -3.76. The zero-order valence-electron chi connectivity index (χ0n) is 13.0. The molecule has 126 valence electrons. The fourth-order valence-electron chi connectivity index (χ4n) is 2.35. The average Bonchev–Trinajstić information content (AvgIpc) is 2.63. The van der Waals surface area contributed by atoms with Crippen molar-refractivity contribution in [2.45, 2.75) is 4.90 Å². The van der Waals surface area contributed by atoms with Gasteiger partial charge < -0.3 is 9.90 Å². The van der Waals surface area contributed by atoms with Crippen molar-refractivity contribution in [3.63, 3.8) is 0 Å². The number of carboxylic acids is 1. The van der Waals surface area contributed by atoms with E-state index in [-0.39, 0.29) is 16.1 Å². The minimum Gasteiger partial charge on any atom is -0.545 e. The van der Waals surface area contributed by atoms with Crippen molar-refractivity contribution in [3.05, 3.63) is 84.4 Å². The maximum Gasteiger partial charge on any atom is 0.261 e. The molecule has 5 nitrogen and oxygen atoms in total. The zero-order chi connectivity index (χ0) is 17.9. The van der Waals surface area contributed by atoms with Gasteiger partial charge in [0.2, 0.25) is 0 Å². The maximum atomic E-state index is 12.4. The van der Waals surface area contributed by atoms with Crippen molar-refractivity contribution in [3.8, 4) is 11.1 Å². The van der Waals surface area contributed by atoms with Crippen molar-refractivity contribution < 1.29 is 18.3 Å². The van der Waals surface area contributed by atoms with Crippen LogP contribution in [0.4, 0.5) is 5.69 Å². The summed E-state index contributed by atoms with van der Waals surface area (Å²) in [6.07, 6.45) is 0. The molecule has 0 aromatic heterocycles. The largest absolute Gasteiger partial charge is 0.545 e. The molecule has 0 bridgehead atoms. The molecular weight excluding hydrogens is 338 g/mol. The first kappa shape index (κ1) is 16.7. The highest BCUT2D eigenvalue weighted by Crippen LogP contribution is 2.22. The Bertz CT molecular complexity index is 980. The molecule has 6 heteroatoms. The van der Waals surface area contributed by atoms with E-state index in [9.17, 15) is 18.3 Å². The molecule has 1 N–H and O–H groups in total. The molecule has 0 aliphatic rings. The first-order chi connectivity index (χ1) is 12.0. The van der Waals surface area contributed by atoms with Crippen LogP contribution >= 0.6 is 0 Å². The van der Waals surface area contributed by atoms with Crippen LogP contribution in [0.2, 0.25) is 0 Å². The molecule has 25 heavy (non-hydrogen) atoms. The van der Waals surface area contributed by atoms with E-state index in [1.807, 2.05) is 30.3 Å². The number of nitrogens with one attached hydrogen (secondary N) is 1. The van der Waals surface area contributed by atoms with Crippen molar-refractivity contribution in [2.75, 3.05) is 4.72 Å². The van der Waals surface area contributed by atoms with E-state index >= 15 is 0 Å². The van der Waals surface area contributed by atoms with E-state index in [4.69, 9.17) is 0 Å². The van der Waals surface area contributed by atoms with Gasteiger partial charge in [-0.1, -0.05) is 54.6 Å². The number of carboxylic acid groups (broad SMARTS) is 1. The van der Waals surface area contributed by atoms with E-state index in [1.165, 1.54) is 36.4 Å². The van der Waals surface area contributed by atoms with Gasteiger partial charge >= 0.3 is 0 Å². The van der Waals surface area contributed by atoms with E-state index in [2.05, 4.69) is 4.72 Å². The predicted octanol–water partition coefficient (Wildman–Crippen LogP) is 2.52. The molecule has 0 atom stereocenters. The van der Waals surface area contributed by atoms with E-state index in [0.29, 0.717) is 0 Å². The summed E-state index contributed by atoms with van der Waals surface area (Å²) in [6, 6.07) is 21.5. The van der Waals surface area contributed by atoms with Crippen molar-refractivity contribution >= 4 is 21.7 Å². The second kappa shape index (κ2) is 6.78. The number of rotatable bonds is 5. The number of anilines is 1. The highest BCUT2D eigenvalue weighted by molar-refractivity contribution is 7.92. The Morgan fingerprint density at radius 2 is 1.32 bits per heavy atom. The highest BCUT2D eigenvalue weighted by Gasteiger charge is 2.14. The molecule has 3 rings (SSSR count). The fraction of sp³-hybridized carbons (Fsp3) is 0. The van der Waals surface area contributed by atoms with Crippen molar-refractivity contribution in [1.29, 1.82) is 0 Å². The van der Waals surface area contributed by atoms with Gasteiger partial charge in [-0.05, 0) is 41.0 Å². The molecule has 0 heterocycles. The molecule has 0 spiro atoms. The molecule has 0 amide bonds. The van der Waals surface area contributed by atoms with Gasteiger partial charge in [0.15, 0.2) is 0 Å². The van der Waals surface area contributed by atoms with Crippen molar-refractivity contribution in [1.82, 2.24) is 0 Å². The standard InChI is InChI=1S/C19H15NO4S/c21-19(22)16-6-10-17(11-7-16)20-25(23,24)18-12-8-15(9-13-18)14-4-2-1-3-5-14/h1-13,20H,(H,21,22)/p-1. The lowest BCUT2D eigenvalue weighted by Crippen LogP contribution is -2.22. The Labute approximate surface area is 145 Å². The number of carbonyl (C=O) groups excluding carboxylic acids is 1. The maximum absolute atomic E-state index is 12.4. The minimum absolute atomic E-state index is 0.0184. The Hall–Kier alpha value is -3.12. The van der Waals surface area contributed by atoms with Crippen LogP contribution in [0.15, 0.2) is 83.8 Å². The summed E-state index contributed by atoms with van der Waals surface area (Å²) in [5.41, 5.74) is 2.17. The van der Waals surface area contributed by atoms with Crippen LogP contribution < -0.4 is 9.83 Å². The van der Waals surface area contributed by atoms with Crippen LogP contribution in [0.25, 0.3) is 11.1 Å². The van der Waals surface area contributed by atoms with Crippen LogP contribution in [0.1, 0.15) is 10.4 Å². The molecular formula is C19H14NO4S-. The number of carbonyl (C=O) groups is 1. The molecule has 0 aliphatic carbocycles. The highest BCUT2D eigenvalue weighted by atomic mass is 32.2. The quantitative estimate of drug-likeness (QED) is 0.764. The third-order valence-corrected chi connectivity index (χ3v) is 5.04. The molecule has 0 aliphatic heterocycles. The Morgan fingerprint density at radius 1 is 0.760 bits per heavy atom. The number of hydrogen-bond acceptors (Lipinski definition) is 4. The van der Waals surface area contributed by atoms with Gasteiger partial charge in [-0.15, -0.1) is 0 Å². The number of hydrogen-bond donors (Lipinski definition) is 1. The van der Waals surface area contributed by atoms with Crippen LogP contribution in [0, 0.1) is 0 Å². The summed E-state index contributed by atoms with van der Waals surface area (Å²) in [6.45, 7) is 0. The monoisotopic (exact) mass is 352 g/mol. The van der Waals surface area contributed by atoms with Crippen LogP contribution in [-0.2, 0) is 10.0 Å². The Morgan fingerprint density at radius 3 is 1.88 bits per heavy atom. The van der Waals surface area contributed by atoms with Gasteiger partial charge in [0.1, 0.15) is 0 Å². The van der Waals surface area contributed by atoms with Gasteiger partial charge in [-0.3, -0.25) is 4.72 Å². The minimum atomic E-state index is -3.76. The third-order valence-electron chi connectivity index (χ3n) is 3.64. The van der Waals surface area contributed by atoms with E-state index in [0.717, 1.165) is 11.1 Å². The summed E-state index contributed by atoms with van der Waals surface area (Å²) >= 11 is 0. The van der Waals surface area contributed by atoms with Crippen LogP contribution in [0.3, 0.4) is 0 Å². The number of aromatic carboxylic acids is 1. The lowest BCUT2D eigenvalue weighted by Gasteiger charge is -2.10. The third kappa shape index (κ3) is 3.87. The number of benzene rings is 3. The molecule has 0 saturated heterocycles. The van der Waals surface area contributed by atoms with E-state index in [1.54, 1.807) is 12.1 Å². The molecule has 3 aromatic rings. The second-order valence-corrected chi connectivity index (χ2v) is 7.04. The molecule has 0 unspecified atom stereocenters. The lowest BCUT2D eigenvalue weighted by molar-refractivity contribution is -0.255. The first-order valence-corrected chi connectivity index (χ1v) is 8.94. The number of sulfonamides is 1. The summed E-state index contributed by atoms with van der Waals surface area (Å²) < 4.78 is 27.3. The van der Waals surface area contributed by atoms with Gasteiger partial charge in [0, 0.05) is 5.69 Å². The van der Waals surface area contributed by atoms with Crippen molar-refractivity contribution in [2.24, 2.45) is 0 Å². The fourth-order valence-corrected chi connectivity index (χ4v) is 3.40. The first-order valence-electron chi connectivity index (χ1n) is 7.45. The summed E-state index contributed by atoms with van der Waals surface area (Å²) in [4.78, 5) is 10.8. The van der Waals surface area contributed by atoms with Gasteiger partial charge in [-0.2, -0.15) is 0 Å².